The summed E-state index contributed by atoms with van der Waals surface area (Å²) in [5.41, 5.74) is 3.34. The molecule has 0 unspecified atom stereocenters. The van der Waals surface area contributed by atoms with Crippen LogP contribution in [0.2, 0.25) is 0 Å². The van der Waals surface area contributed by atoms with E-state index in [2.05, 4.69) is 13.0 Å². The number of carbonyl (C=O) groups excluding carboxylic acids is 1. The van der Waals surface area contributed by atoms with Crippen molar-refractivity contribution in [1.29, 1.82) is 0 Å². The van der Waals surface area contributed by atoms with Gasteiger partial charge in [0.2, 0.25) is 0 Å². The SMILES string of the molecule is CCC(C1=CCCC1)=C(C)C(=O)OC1=CCCC1. The van der Waals surface area contributed by atoms with Gasteiger partial charge >= 0.3 is 5.97 Å². The molecule has 2 rings (SSSR count). The lowest BCUT2D eigenvalue weighted by Crippen LogP contribution is -2.08. The van der Waals surface area contributed by atoms with E-state index in [0.717, 1.165) is 49.9 Å². The predicted molar refractivity (Wildman–Crippen MR) is 73.0 cm³/mol. The molecule has 2 aliphatic rings. The minimum Gasteiger partial charge on any atom is -0.428 e. The minimum atomic E-state index is -0.159. The van der Waals surface area contributed by atoms with Crippen molar-refractivity contribution in [3.63, 3.8) is 0 Å². The van der Waals surface area contributed by atoms with Crippen LogP contribution in [0.25, 0.3) is 0 Å². The molecule has 98 valence electrons. The van der Waals surface area contributed by atoms with Gasteiger partial charge in [-0.2, -0.15) is 0 Å². The van der Waals surface area contributed by atoms with Crippen molar-refractivity contribution in [2.45, 2.75) is 58.8 Å². The fourth-order valence-electron chi connectivity index (χ4n) is 2.73. The molecule has 2 nitrogen and oxygen atoms in total. The molecule has 0 spiro atoms. The molecular formula is C16H22O2. The molecule has 18 heavy (non-hydrogen) atoms. The predicted octanol–water partition coefficient (Wildman–Crippen LogP) is 4.43. The maximum atomic E-state index is 12.1. The van der Waals surface area contributed by atoms with Gasteiger partial charge in [0.15, 0.2) is 0 Å². The van der Waals surface area contributed by atoms with E-state index >= 15 is 0 Å². The molecule has 0 aromatic carbocycles. The molecule has 0 amide bonds. The molecule has 0 fully saturated rings. The van der Waals surface area contributed by atoms with Gasteiger partial charge in [0.1, 0.15) is 5.76 Å². The molecule has 2 heteroatoms. The van der Waals surface area contributed by atoms with E-state index in [0.29, 0.717) is 0 Å². The Hall–Kier alpha value is -1.31. The fourth-order valence-corrected chi connectivity index (χ4v) is 2.73. The van der Waals surface area contributed by atoms with E-state index in [1.54, 1.807) is 0 Å². The summed E-state index contributed by atoms with van der Waals surface area (Å²) in [4.78, 5) is 12.1. The first-order valence-corrected chi connectivity index (χ1v) is 7.02. The zero-order valence-electron chi connectivity index (χ0n) is 11.4. The lowest BCUT2D eigenvalue weighted by molar-refractivity contribution is -0.135. The Bertz CT molecular complexity index is 424. The molecule has 0 bridgehead atoms. The lowest BCUT2D eigenvalue weighted by Gasteiger charge is -2.12. The highest BCUT2D eigenvalue weighted by molar-refractivity contribution is 5.90. The van der Waals surface area contributed by atoms with Crippen molar-refractivity contribution in [1.82, 2.24) is 0 Å². The molecule has 0 radical (unpaired) electrons. The standard InChI is InChI=1S/C16H22O2/c1-3-15(13-8-4-5-9-13)12(2)16(17)18-14-10-6-7-11-14/h8,10H,3-7,9,11H2,1-2H3. The fraction of sp³-hybridized carbons (Fsp3) is 0.562. The Kier molecular flexibility index (Phi) is 4.40. The van der Waals surface area contributed by atoms with E-state index in [9.17, 15) is 4.79 Å². The van der Waals surface area contributed by atoms with E-state index in [4.69, 9.17) is 4.74 Å². The number of esters is 1. The molecule has 0 aliphatic heterocycles. The van der Waals surface area contributed by atoms with Gasteiger partial charge in [-0.1, -0.05) is 13.0 Å². The first kappa shape index (κ1) is 13.1. The van der Waals surface area contributed by atoms with Gasteiger partial charge in [-0.05, 0) is 62.7 Å². The van der Waals surface area contributed by atoms with E-state index in [-0.39, 0.29) is 5.97 Å². The van der Waals surface area contributed by atoms with Gasteiger partial charge in [0.25, 0.3) is 0 Å². The van der Waals surface area contributed by atoms with Gasteiger partial charge in [-0.15, -0.1) is 0 Å². The van der Waals surface area contributed by atoms with Crippen molar-refractivity contribution < 1.29 is 9.53 Å². The zero-order chi connectivity index (χ0) is 13.0. The Morgan fingerprint density at radius 1 is 1.22 bits per heavy atom. The van der Waals surface area contributed by atoms with E-state index in [1.807, 2.05) is 13.0 Å². The maximum Gasteiger partial charge on any atom is 0.339 e. The van der Waals surface area contributed by atoms with Crippen molar-refractivity contribution in [3.05, 3.63) is 34.6 Å². The third-order valence-corrected chi connectivity index (χ3v) is 3.76. The van der Waals surface area contributed by atoms with Gasteiger partial charge in [0.05, 0.1) is 0 Å². The highest BCUT2D eigenvalue weighted by Crippen LogP contribution is 2.30. The van der Waals surface area contributed by atoms with Gasteiger partial charge in [-0.3, -0.25) is 0 Å². The number of ether oxygens (including phenoxy) is 1. The minimum absolute atomic E-state index is 0.159. The zero-order valence-corrected chi connectivity index (χ0v) is 11.4. The number of carbonyl (C=O) groups is 1. The van der Waals surface area contributed by atoms with Crippen LogP contribution < -0.4 is 0 Å². The summed E-state index contributed by atoms with van der Waals surface area (Å²) in [6, 6.07) is 0. The molecule has 2 aliphatic carbocycles. The average Bonchev–Trinajstić information content (AvgIpc) is 3.02. The Balaban J connectivity index is 2.10. The molecule has 0 saturated heterocycles. The summed E-state index contributed by atoms with van der Waals surface area (Å²) in [6.07, 6.45) is 11.7. The average molecular weight is 246 g/mol. The molecule has 0 heterocycles. The third kappa shape index (κ3) is 2.92. The highest BCUT2D eigenvalue weighted by Gasteiger charge is 2.18. The summed E-state index contributed by atoms with van der Waals surface area (Å²) in [5.74, 6) is 0.697. The van der Waals surface area contributed by atoms with Crippen LogP contribution in [0.15, 0.2) is 34.6 Å². The molecule has 0 N–H and O–H groups in total. The van der Waals surface area contributed by atoms with Crippen LogP contribution in [0.4, 0.5) is 0 Å². The number of hydrogen-bond acceptors (Lipinski definition) is 2. The summed E-state index contributed by atoms with van der Waals surface area (Å²) < 4.78 is 5.45. The smallest absolute Gasteiger partial charge is 0.339 e. The number of hydrogen-bond donors (Lipinski definition) is 0. The maximum absolute atomic E-state index is 12.1. The molecule has 0 aromatic rings. The quantitative estimate of drug-likeness (QED) is 0.541. The Morgan fingerprint density at radius 2 is 1.94 bits per heavy atom. The van der Waals surface area contributed by atoms with Crippen LogP contribution in [0.1, 0.15) is 58.8 Å². The van der Waals surface area contributed by atoms with Crippen LogP contribution in [0.3, 0.4) is 0 Å². The van der Waals surface area contributed by atoms with Crippen molar-refractivity contribution >= 4 is 5.97 Å². The van der Waals surface area contributed by atoms with Gasteiger partial charge in [-0.25, -0.2) is 4.79 Å². The van der Waals surface area contributed by atoms with Crippen LogP contribution in [0.5, 0.6) is 0 Å². The third-order valence-electron chi connectivity index (χ3n) is 3.76. The number of rotatable bonds is 4. The van der Waals surface area contributed by atoms with Gasteiger partial charge < -0.3 is 4.74 Å². The molecular weight excluding hydrogens is 224 g/mol. The lowest BCUT2D eigenvalue weighted by atomic mass is 9.98. The van der Waals surface area contributed by atoms with Crippen molar-refractivity contribution in [2.75, 3.05) is 0 Å². The van der Waals surface area contributed by atoms with Crippen molar-refractivity contribution in [3.8, 4) is 0 Å². The second kappa shape index (κ2) is 6.03. The topological polar surface area (TPSA) is 26.3 Å². The first-order valence-electron chi connectivity index (χ1n) is 7.02. The Labute approximate surface area is 109 Å². The normalized spacial score (nSPS) is 20.3. The van der Waals surface area contributed by atoms with E-state index < -0.39 is 0 Å². The molecule has 0 aromatic heterocycles. The second-order valence-electron chi connectivity index (χ2n) is 5.03. The summed E-state index contributed by atoms with van der Waals surface area (Å²) in [5, 5.41) is 0. The molecule has 0 atom stereocenters. The monoisotopic (exact) mass is 246 g/mol. The largest absolute Gasteiger partial charge is 0.428 e. The first-order chi connectivity index (χ1) is 8.72. The van der Waals surface area contributed by atoms with Crippen LogP contribution in [-0.4, -0.2) is 5.97 Å². The number of allylic oxidation sites excluding steroid dienone is 5. The Morgan fingerprint density at radius 3 is 2.50 bits per heavy atom. The summed E-state index contributed by atoms with van der Waals surface area (Å²) in [6.45, 7) is 4.01. The summed E-state index contributed by atoms with van der Waals surface area (Å²) >= 11 is 0. The highest BCUT2D eigenvalue weighted by atomic mass is 16.5. The van der Waals surface area contributed by atoms with E-state index in [1.165, 1.54) is 17.6 Å². The van der Waals surface area contributed by atoms with Crippen LogP contribution >= 0.6 is 0 Å². The summed E-state index contributed by atoms with van der Waals surface area (Å²) in [7, 11) is 0. The van der Waals surface area contributed by atoms with Crippen LogP contribution in [-0.2, 0) is 9.53 Å². The second-order valence-corrected chi connectivity index (χ2v) is 5.03. The van der Waals surface area contributed by atoms with Crippen molar-refractivity contribution in [2.24, 2.45) is 0 Å². The van der Waals surface area contributed by atoms with Gasteiger partial charge in [0, 0.05) is 12.0 Å². The van der Waals surface area contributed by atoms with Crippen LogP contribution in [0, 0.1) is 0 Å². The molecule has 0 saturated carbocycles.